The first-order valence-electron chi connectivity index (χ1n) is 20.9. The number of hydrogen-bond acceptors (Lipinski definition) is 17. The maximum absolute atomic E-state index is 12.8. The SMILES string of the molecule is Cc1nc(Nc2ncc(C(=O)Cc3c(C)cccc3Cl)s2)cc(N2CCNCC2)n1.Cc1nc(Nc2ncc(C(=O)Cc3c(C)cccc3Cl)s2)cc(N2CC[N+]([O-])(CCO)CC2)n1. The van der Waals surface area contributed by atoms with E-state index in [1.54, 1.807) is 25.4 Å². The Bertz CT molecular complexity index is 2550. The van der Waals surface area contributed by atoms with Crippen LogP contribution >= 0.6 is 45.9 Å². The van der Waals surface area contributed by atoms with Crippen molar-refractivity contribution in [1.29, 1.82) is 0 Å². The second-order valence-electron chi connectivity index (χ2n) is 15.6. The van der Waals surface area contributed by atoms with Gasteiger partial charge in [0.25, 0.3) is 0 Å². The van der Waals surface area contributed by atoms with E-state index in [4.69, 9.17) is 28.3 Å². The number of piperazine rings is 2. The molecule has 0 aliphatic carbocycles. The standard InChI is InChI=1S/C23H27ClN6O3S.C21H23ClN6OS/c1-15-4-3-5-18(24)17(15)12-19(32)20-14-25-23(34-20)28-21-13-22(27-16(2)26-21)29-6-8-30(33,9-7-29)10-11-31;1-13-4-3-5-16(22)15(13)10-17(29)18-12-24-21(30-18)27-19-11-20(26-14(2)25-19)28-8-6-23-7-9-28/h3-5,13-14,31H,6-12H2,1-2H3,(H,25,26,27,28);3-5,11-12,23H,6-10H2,1-2H3,(H,24,25,26,27). The maximum Gasteiger partial charge on any atom is 0.188 e. The molecule has 2 aliphatic rings. The monoisotopic (exact) mass is 944 g/mol. The molecule has 0 amide bonds. The fraction of sp³-hybridized carbons (Fsp3) is 0.364. The van der Waals surface area contributed by atoms with Gasteiger partial charge in [0.1, 0.15) is 41.5 Å². The number of anilines is 6. The van der Waals surface area contributed by atoms with E-state index in [0.29, 0.717) is 79.5 Å². The van der Waals surface area contributed by atoms with Gasteiger partial charge in [-0.15, -0.1) is 0 Å². The summed E-state index contributed by atoms with van der Waals surface area (Å²) in [6.07, 6.45) is 3.64. The first kappa shape index (κ1) is 46.8. The molecular formula is C44H50Cl2N12O4S2. The van der Waals surface area contributed by atoms with Gasteiger partial charge in [-0.1, -0.05) is 70.1 Å². The summed E-state index contributed by atoms with van der Waals surface area (Å²) < 4.78 is -0.383. The van der Waals surface area contributed by atoms with Crippen LogP contribution in [0.25, 0.3) is 0 Å². The van der Waals surface area contributed by atoms with Crippen LogP contribution < -0.4 is 25.8 Å². The molecule has 20 heteroatoms. The number of benzene rings is 2. The lowest BCUT2D eigenvalue weighted by Crippen LogP contribution is -2.57. The number of nitrogens with one attached hydrogen (secondary N) is 3. The van der Waals surface area contributed by atoms with Crippen LogP contribution in [0.15, 0.2) is 60.9 Å². The molecule has 0 spiro atoms. The van der Waals surface area contributed by atoms with Crippen LogP contribution in [0.3, 0.4) is 0 Å². The topological polar surface area (TPSA) is 197 Å². The zero-order chi connectivity index (χ0) is 45.4. The van der Waals surface area contributed by atoms with E-state index >= 15 is 0 Å². The van der Waals surface area contributed by atoms with E-state index in [0.717, 1.165) is 60.1 Å². The van der Waals surface area contributed by atoms with E-state index in [1.165, 1.54) is 22.7 Å². The van der Waals surface area contributed by atoms with E-state index in [-0.39, 0.29) is 42.2 Å². The maximum atomic E-state index is 12.8. The minimum atomic E-state index is -0.383. The fourth-order valence-corrected chi connectivity index (χ4v) is 9.43. The van der Waals surface area contributed by atoms with Crippen molar-refractivity contribution in [2.75, 3.05) is 85.9 Å². The summed E-state index contributed by atoms with van der Waals surface area (Å²) in [4.78, 5) is 57.7. The molecule has 6 heterocycles. The normalized spacial score (nSPS) is 14.8. The lowest BCUT2D eigenvalue weighted by molar-refractivity contribution is -0.881. The number of hydroxylamine groups is 3. The Morgan fingerprint density at radius 1 is 0.734 bits per heavy atom. The van der Waals surface area contributed by atoms with Crippen molar-refractivity contribution in [2.24, 2.45) is 0 Å². The van der Waals surface area contributed by atoms with Crippen LogP contribution in [0, 0.1) is 32.9 Å². The molecule has 0 atom stereocenters. The average Bonchev–Trinajstić information content (AvgIpc) is 3.94. The molecule has 8 rings (SSSR count). The van der Waals surface area contributed by atoms with Gasteiger partial charge in [0.15, 0.2) is 21.8 Å². The summed E-state index contributed by atoms with van der Waals surface area (Å²) >= 11 is 15.1. The van der Waals surface area contributed by atoms with Crippen molar-refractivity contribution in [2.45, 2.75) is 40.5 Å². The van der Waals surface area contributed by atoms with Gasteiger partial charge in [-0.2, -0.15) is 0 Å². The Morgan fingerprint density at radius 3 is 1.62 bits per heavy atom. The molecule has 0 unspecified atom stereocenters. The highest BCUT2D eigenvalue weighted by Crippen LogP contribution is 2.29. The number of aliphatic hydroxyl groups is 1. The van der Waals surface area contributed by atoms with Gasteiger partial charge in [0.05, 0.1) is 54.9 Å². The summed E-state index contributed by atoms with van der Waals surface area (Å²) in [7, 11) is 0. The number of aliphatic hydroxyl groups excluding tert-OH is 1. The van der Waals surface area contributed by atoms with E-state index in [2.05, 4.69) is 50.8 Å². The number of quaternary nitrogens is 1. The van der Waals surface area contributed by atoms with Gasteiger partial charge >= 0.3 is 0 Å². The summed E-state index contributed by atoms with van der Waals surface area (Å²) in [5.41, 5.74) is 3.68. The van der Waals surface area contributed by atoms with Crippen molar-refractivity contribution in [1.82, 2.24) is 35.2 Å². The number of hydrogen-bond donors (Lipinski definition) is 4. The second kappa shape index (κ2) is 21.2. The predicted molar refractivity (Wildman–Crippen MR) is 255 cm³/mol. The average molecular weight is 946 g/mol. The Balaban J connectivity index is 0.000000193. The zero-order valence-corrected chi connectivity index (χ0v) is 39.2. The third-order valence-corrected chi connectivity index (χ3v) is 13.5. The van der Waals surface area contributed by atoms with Gasteiger partial charge < -0.3 is 40.7 Å². The lowest BCUT2D eigenvalue weighted by Gasteiger charge is -2.48. The van der Waals surface area contributed by atoms with Crippen molar-refractivity contribution in [3.8, 4) is 0 Å². The van der Waals surface area contributed by atoms with E-state index in [9.17, 15) is 14.8 Å². The summed E-state index contributed by atoms with van der Waals surface area (Å²) in [6.45, 7) is 13.3. The highest BCUT2D eigenvalue weighted by Gasteiger charge is 2.26. The predicted octanol–water partition coefficient (Wildman–Crippen LogP) is 7.28. The molecule has 2 fully saturated rings. The number of aryl methyl sites for hydroxylation is 4. The van der Waals surface area contributed by atoms with Crippen molar-refractivity contribution >= 4 is 91.0 Å². The Kier molecular flexibility index (Phi) is 15.5. The van der Waals surface area contributed by atoms with E-state index < -0.39 is 0 Å². The highest BCUT2D eigenvalue weighted by atomic mass is 35.5. The van der Waals surface area contributed by atoms with Crippen LogP contribution in [-0.4, -0.2) is 117 Å². The van der Waals surface area contributed by atoms with Gasteiger partial charge in [-0.05, 0) is 62.1 Å². The second-order valence-corrected chi connectivity index (χ2v) is 18.4. The molecule has 2 saturated heterocycles. The number of Topliss-reactive ketones (excluding diaryl/α,β-unsaturated/α-hetero) is 2. The van der Waals surface area contributed by atoms with Gasteiger partial charge in [-0.25, -0.2) is 29.9 Å². The molecule has 336 valence electrons. The third kappa shape index (κ3) is 12.1. The minimum absolute atomic E-state index is 0.00266. The first-order chi connectivity index (χ1) is 30.8. The molecule has 4 N–H and O–H groups in total. The van der Waals surface area contributed by atoms with E-state index in [1.807, 2.05) is 68.1 Å². The summed E-state index contributed by atoms with van der Waals surface area (Å²) in [6, 6.07) is 15.0. The van der Waals surface area contributed by atoms with Gasteiger partial charge in [0, 0.05) is 61.2 Å². The fourth-order valence-electron chi connectivity index (χ4n) is 7.33. The molecule has 64 heavy (non-hydrogen) atoms. The number of carbonyl (C=O) groups is 2. The molecule has 0 radical (unpaired) electrons. The number of carbonyl (C=O) groups excluding carboxylic acids is 2. The van der Waals surface area contributed by atoms with Crippen molar-refractivity contribution in [3.05, 3.63) is 120 Å². The Hall–Kier alpha value is -5.18. The molecular weight excluding hydrogens is 896 g/mol. The zero-order valence-electron chi connectivity index (χ0n) is 36.0. The number of thiazole rings is 2. The Labute approximate surface area is 389 Å². The van der Waals surface area contributed by atoms with Crippen LogP contribution in [0.2, 0.25) is 10.0 Å². The highest BCUT2D eigenvalue weighted by molar-refractivity contribution is 7.17. The smallest absolute Gasteiger partial charge is 0.188 e. The first-order valence-corrected chi connectivity index (χ1v) is 23.2. The quantitative estimate of drug-likeness (QED) is 0.0483. The molecule has 4 aromatic heterocycles. The number of rotatable bonds is 14. The van der Waals surface area contributed by atoms with Crippen molar-refractivity contribution < 1.29 is 19.3 Å². The summed E-state index contributed by atoms with van der Waals surface area (Å²) in [5, 5.41) is 33.8. The molecule has 2 aromatic carbocycles. The number of nitrogens with zero attached hydrogens (tertiary/aromatic N) is 9. The van der Waals surface area contributed by atoms with Gasteiger partial charge in [0.2, 0.25) is 0 Å². The largest absolute Gasteiger partial charge is 0.633 e. The van der Waals surface area contributed by atoms with Crippen LogP contribution in [0.1, 0.15) is 53.2 Å². The van der Waals surface area contributed by atoms with Crippen LogP contribution in [0.4, 0.5) is 33.5 Å². The Morgan fingerprint density at radius 2 is 1.19 bits per heavy atom. The summed E-state index contributed by atoms with van der Waals surface area (Å²) in [5.74, 6) is 4.10. The van der Waals surface area contributed by atoms with Crippen LogP contribution in [0.5, 0.6) is 0 Å². The van der Waals surface area contributed by atoms with Gasteiger partial charge in [-0.3, -0.25) is 9.59 Å². The number of aromatic nitrogens is 6. The lowest BCUT2D eigenvalue weighted by atomic mass is 10.0. The molecule has 16 nitrogen and oxygen atoms in total. The van der Waals surface area contributed by atoms with Crippen molar-refractivity contribution in [3.63, 3.8) is 0 Å². The minimum Gasteiger partial charge on any atom is -0.633 e. The molecule has 0 saturated carbocycles. The molecule has 0 bridgehead atoms. The molecule has 2 aliphatic heterocycles. The third-order valence-electron chi connectivity index (χ3n) is 10.9. The molecule has 6 aromatic rings. The number of ketones is 2. The van der Waals surface area contributed by atoms with Crippen LogP contribution in [-0.2, 0) is 12.8 Å². The number of halogens is 2.